The third kappa shape index (κ3) is 10.6. The third-order valence-electron chi connectivity index (χ3n) is 21.4. The molecule has 4 aliphatic rings. The largest absolute Gasteiger partial charge is 0.311 e. The average Bonchev–Trinajstić information content (AvgIpc) is 0.687. The first-order chi connectivity index (χ1) is 52.4. The van der Waals surface area contributed by atoms with Gasteiger partial charge in [-0.1, -0.05) is 272 Å². The van der Waals surface area contributed by atoms with Crippen molar-refractivity contribution in [2.45, 2.75) is 9.79 Å². The van der Waals surface area contributed by atoms with Gasteiger partial charge in [0.05, 0.1) is 5.69 Å². The van der Waals surface area contributed by atoms with Crippen LogP contribution in [0.4, 0.5) is 94.1 Å². The molecule has 0 saturated carbocycles. The van der Waals surface area contributed by atoms with E-state index >= 15 is 8.78 Å². The van der Waals surface area contributed by atoms with Crippen molar-refractivity contribution in [3.8, 4) is 44.5 Å². The summed E-state index contributed by atoms with van der Waals surface area (Å²) in [5.41, 5.74) is 28.2. The van der Waals surface area contributed by atoms with Crippen LogP contribution in [0.5, 0.6) is 0 Å². The summed E-state index contributed by atoms with van der Waals surface area (Å²) in [5, 5.41) is 0. The lowest BCUT2D eigenvalue weighted by Gasteiger charge is -2.46. The molecule has 4 aliphatic heterocycles. The minimum atomic E-state index is -0.676. The van der Waals surface area contributed by atoms with Crippen LogP contribution in [0.25, 0.3) is 44.5 Å². The zero-order valence-electron chi connectivity index (χ0n) is 57.4. The van der Waals surface area contributed by atoms with Gasteiger partial charge in [-0.15, -0.1) is 0 Å². The fourth-order valence-corrected chi connectivity index (χ4v) is 17.9. The summed E-state index contributed by atoms with van der Waals surface area (Å²) in [5.74, 6) is -1.35. The number of benzene rings is 16. The first kappa shape index (κ1) is 62.6. The number of halogens is 2. The first-order valence-electron chi connectivity index (χ1n) is 36.0. The average molecular weight is 1380 g/mol. The Morgan fingerprint density at radius 1 is 0.226 bits per heavy atom. The van der Waals surface area contributed by atoms with Gasteiger partial charge in [0.15, 0.2) is 0 Å². The molecular weight excluding hydrogens is 1310 g/mol. The van der Waals surface area contributed by atoms with E-state index in [-0.39, 0.29) is 12.4 Å². The number of fused-ring (bicyclic) bond motifs is 8. The van der Waals surface area contributed by atoms with Crippen LogP contribution in [-0.4, -0.2) is 13.4 Å². The van der Waals surface area contributed by atoms with E-state index in [4.69, 9.17) is 0 Å². The molecule has 0 aliphatic carbocycles. The highest BCUT2D eigenvalue weighted by Gasteiger charge is 2.48. The molecule has 0 aromatic heterocycles. The van der Waals surface area contributed by atoms with Crippen LogP contribution in [0.15, 0.2) is 392 Å². The highest BCUT2D eigenvalue weighted by molar-refractivity contribution is 8.00. The fraction of sp³-hybridized carbons (Fsp3) is 0. The van der Waals surface area contributed by atoms with Crippen molar-refractivity contribution >= 4 is 143 Å². The highest BCUT2D eigenvalue weighted by atomic mass is 32.2. The molecule has 16 aromatic carbocycles. The lowest BCUT2D eigenvalue weighted by molar-refractivity contribution is 0.586. The summed E-state index contributed by atoms with van der Waals surface area (Å²) >= 11 is 1.73. The van der Waals surface area contributed by atoms with Crippen LogP contribution in [-0.2, 0) is 0 Å². The topological polar surface area (TPSA) is 16.2 Å². The maximum atomic E-state index is 18.0. The Balaban J connectivity index is 0.832. The van der Waals surface area contributed by atoms with Crippen LogP contribution < -0.4 is 57.3 Å². The first-order valence-corrected chi connectivity index (χ1v) is 36.8. The van der Waals surface area contributed by atoms with Crippen molar-refractivity contribution in [2.75, 3.05) is 24.5 Å². The molecule has 0 spiro atoms. The number of nitrogens with zero attached hydrogens (tertiary/aromatic N) is 5. The van der Waals surface area contributed by atoms with Crippen molar-refractivity contribution in [1.82, 2.24) is 0 Å². The predicted octanol–water partition coefficient (Wildman–Crippen LogP) is 22.4. The minimum absolute atomic E-state index is 0.155. The Morgan fingerprint density at radius 3 is 0.962 bits per heavy atom. The molecule has 16 aromatic rings. The summed E-state index contributed by atoms with van der Waals surface area (Å²) < 4.78 is 36.0. The normalized spacial score (nSPS) is 12.7. The lowest BCUT2D eigenvalue weighted by Crippen LogP contribution is -2.64. The van der Waals surface area contributed by atoms with Crippen molar-refractivity contribution in [1.29, 1.82) is 0 Å². The number of anilines is 15. The van der Waals surface area contributed by atoms with E-state index in [0.717, 1.165) is 150 Å². The number of hydrogen-bond acceptors (Lipinski definition) is 6. The Morgan fingerprint density at radius 2 is 0.557 bits per heavy atom. The van der Waals surface area contributed by atoms with Crippen molar-refractivity contribution in [3.63, 3.8) is 0 Å². The van der Waals surface area contributed by atoms with Crippen molar-refractivity contribution in [3.05, 3.63) is 394 Å². The molecule has 106 heavy (non-hydrogen) atoms. The summed E-state index contributed by atoms with van der Waals surface area (Å²) in [4.78, 5) is 13.5. The van der Waals surface area contributed by atoms with Gasteiger partial charge < -0.3 is 24.5 Å². The molecule has 0 amide bonds. The van der Waals surface area contributed by atoms with Crippen LogP contribution in [0.3, 0.4) is 0 Å². The summed E-state index contributed by atoms with van der Waals surface area (Å²) in [6.45, 7) is -0.675. The van der Waals surface area contributed by atoms with Gasteiger partial charge in [0.2, 0.25) is 6.71 Å². The molecule has 0 radical (unpaired) electrons. The molecule has 4 heterocycles. The molecule has 10 heteroatoms. The van der Waals surface area contributed by atoms with E-state index in [1.165, 1.54) is 23.7 Å². The molecule has 20 rings (SSSR count). The Hall–Kier alpha value is -13.1. The molecule has 0 bridgehead atoms. The summed E-state index contributed by atoms with van der Waals surface area (Å²) in [6, 6.07) is 134. The molecule has 0 fully saturated rings. The maximum Gasteiger partial charge on any atom is 0.252 e. The van der Waals surface area contributed by atoms with E-state index in [1.807, 2.05) is 23.1 Å². The highest BCUT2D eigenvalue weighted by Crippen LogP contribution is 2.52. The maximum absolute atomic E-state index is 18.0. The molecule has 498 valence electrons. The molecule has 0 saturated heterocycles. The lowest BCUT2D eigenvalue weighted by atomic mass is 9.31. The van der Waals surface area contributed by atoms with E-state index in [2.05, 4.69) is 365 Å². The van der Waals surface area contributed by atoms with Gasteiger partial charge in [0, 0.05) is 83.7 Å². The van der Waals surface area contributed by atoms with E-state index in [1.54, 1.807) is 11.8 Å². The minimum Gasteiger partial charge on any atom is -0.311 e. The van der Waals surface area contributed by atoms with Crippen LogP contribution in [0, 0.1) is 11.6 Å². The Kier molecular flexibility index (Phi) is 15.3. The zero-order chi connectivity index (χ0) is 70.3. The SMILES string of the molecule is Fc1cccc(F)c1N1c2cc3c(cc2B2c4ccccc4N(c4ccccc4)c4cc(N(c5ccc(-c6ccccc6)cc5)c5ccc(-c6ccccc6)cc5)cc1c42)B1c2ccccc2N(c2ccccc2)c2cc(N(c4ccc(-c5ccccc5)cc4)c4ccc(-c5ccccc5)cc4)cc(c21)S3. The standard InChI is InChI=1S/C96H63B2F2N5S/c99-84-38-23-39-85(100)96(84)105-88-63-92-83(98-81-37-20-22-41-87(81)104(73-34-17-6-18-35-73)91-60-79(61-93(106-92)95(91)98)102(76-54-46-70(47-55-76)66-28-11-3-12-29-66)77-56-48-71(49-57-77)67-30-13-4-14-31-67)62-82(88)97-80-36-19-21-40-86(80)103(72-32-15-5-16-33-72)89-58-78(59-90(105)94(89)97)101(74-50-42-68(43-51-74)64-24-7-1-8-25-64)75-52-44-69(45-53-75)65-26-9-2-10-27-65/h1-63H. The number of rotatable bonds is 13. The second kappa shape index (κ2) is 26.0. The van der Waals surface area contributed by atoms with Crippen molar-refractivity contribution < 1.29 is 8.78 Å². The van der Waals surface area contributed by atoms with Crippen molar-refractivity contribution in [2.24, 2.45) is 0 Å². The zero-order valence-corrected chi connectivity index (χ0v) is 58.2. The molecule has 0 N–H and O–H groups in total. The van der Waals surface area contributed by atoms with Gasteiger partial charge in [-0.3, -0.25) is 0 Å². The van der Waals surface area contributed by atoms with Crippen LogP contribution in [0.1, 0.15) is 0 Å². The van der Waals surface area contributed by atoms with Gasteiger partial charge >= 0.3 is 0 Å². The monoisotopic (exact) mass is 1380 g/mol. The fourth-order valence-electron chi connectivity index (χ4n) is 16.7. The third-order valence-corrected chi connectivity index (χ3v) is 22.5. The Bertz CT molecular complexity index is 5840. The van der Waals surface area contributed by atoms with E-state index < -0.39 is 18.3 Å². The summed E-state index contributed by atoms with van der Waals surface area (Å²) in [6.07, 6.45) is 0. The van der Waals surface area contributed by atoms with Crippen LogP contribution >= 0.6 is 11.8 Å². The van der Waals surface area contributed by atoms with Gasteiger partial charge in [0.1, 0.15) is 17.3 Å². The quantitative estimate of drug-likeness (QED) is 0.106. The second-order valence-corrected chi connectivity index (χ2v) is 28.5. The van der Waals surface area contributed by atoms with E-state index in [0.29, 0.717) is 11.4 Å². The van der Waals surface area contributed by atoms with Gasteiger partial charge in [-0.05, 0) is 199 Å². The van der Waals surface area contributed by atoms with E-state index in [9.17, 15) is 0 Å². The van der Waals surface area contributed by atoms with Crippen LogP contribution in [0.2, 0.25) is 0 Å². The second-order valence-electron chi connectivity index (χ2n) is 27.4. The number of hydrogen-bond donors (Lipinski definition) is 0. The van der Waals surface area contributed by atoms with Gasteiger partial charge in [-0.25, -0.2) is 8.78 Å². The molecule has 0 unspecified atom stereocenters. The smallest absolute Gasteiger partial charge is 0.252 e. The molecular formula is C96H63B2F2N5S. The van der Waals surface area contributed by atoms with Gasteiger partial charge in [-0.2, -0.15) is 0 Å². The number of para-hydroxylation sites is 5. The summed E-state index contributed by atoms with van der Waals surface area (Å²) in [7, 11) is 0. The van der Waals surface area contributed by atoms with Gasteiger partial charge in [0.25, 0.3) is 6.71 Å². The Labute approximate surface area is 620 Å². The molecule has 5 nitrogen and oxygen atoms in total. The predicted molar refractivity (Wildman–Crippen MR) is 441 cm³/mol. The molecule has 0 atom stereocenters.